The number of rotatable bonds is 13. The maximum Gasteiger partial charge on any atom is 0.258 e. The third kappa shape index (κ3) is 7.73. The van der Waals surface area contributed by atoms with Crippen molar-refractivity contribution < 1.29 is 28.5 Å². The van der Waals surface area contributed by atoms with Crippen molar-refractivity contribution in [2.75, 3.05) is 31.7 Å². The normalized spacial score (nSPS) is 11.7. The Hall–Kier alpha value is -3.04. The van der Waals surface area contributed by atoms with Gasteiger partial charge < -0.3 is 24.3 Å². The van der Waals surface area contributed by atoms with Gasteiger partial charge in [-0.3, -0.25) is 9.59 Å². The number of nitrogens with one attached hydrogen (secondary N) is 1. The largest absolute Gasteiger partial charge is 0.492 e. The van der Waals surface area contributed by atoms with Crippen LogP contribution >= 0.6 is 23.2 Å². The van der Waals surface area contributed by atoms with Gasteiger partial charge in [0.25, 0.3) is 5.91 Å². The third-order valence-electron chi connectivity index (χ3n) is 4.39. The smallest absolute Gasteiger partial charge is 0.258 e. The summed E-state index contributed by atoms with van der Waals surface area (Å²) in [7, 11) is 0. The lowest BCUT2D eigenvalue weighted by Gasteiger charge is -2.17. The van der Waals surface area contributed by atoms with E-state index in [1.54, 1.807) is 26.0 Å². The van der Waals surface area contributed by atoms with Crippen molar-refractivity contribution in [3.8, 4) is 23.0 Å². The summed E-state index contributed by atoms with van der Waals surface area (Å²) in [5, 5.41) is 11.4. The summed E-state index contributed by atoms with van der Waals surface area (Å²) < 4.78 is 22.3. The van der Waals surface area contributed by atoms with Crippen LogP contribution in [0, 0.1) is 0 Å². The number of Topliss-reactive ketones (excluding diaryl/α,β-unsaturated/α-hetero) is 1. The van der Waals surface area contributed by atoms with Crippen molar-refractivity contribution in [3.63, 3.8) is 0 Å². The average Bonchev–Trinajstić information content (AvgIpc) is 2.79. The Morgan fingerprint density at radius 2 is 1.46 bits per heavy atom. The Kier molecular flexibility index (Phi) is 11.1. The molecule has 0 aliphatic carbocycles. The van der Waals surface area contributed by atoms with E-state index in [2.05, 4.69) is 15.5 Å². The Labute approximate surface area is 214 Å². The maximum absolute atomic E-state index is 13.0. The fraction of sp³-hybridized carbons (Fsp3) is 0.417. The van der Waals surface area contributed by atoms with Crippen molar-refractivity contribution in [1.82, 2.24) is 0 Å². The van der Waals surface area contributed by atoms with E-state index in [4.69, 9.17) is 42.1 Å². The number of carbonyl (C=O) groups excluding carboxylic acids is 2. The molecule has 0 aliphatic rings. The first-order chi connectivity index (χ1) is 16.7. The monoisotopic (exact) mass is 525 g/mol. The minimum absolute atomic E-state index is 0.245. The first-order valence-corrected chi connectivity index (χ1v) is 11.9. The van der Waals surface area contributed by atoms with Crippen LogP contribution in [0.5, 0.6) is 23.0 Å². The van der Waals surface area contributed by atoms with E-state index in [0.29, 0.717) is 59.5 Å². The second-order valence-electron chi connectivity index (χ2n) is 6.98. The molecule has 0 aromatic heterocycles. The summed E-state index contributed by atoms with van der Waals surface area (Å²) in [6.07, 6.45) is 0. The third-order valence-corrected chi connectivity index (χ3v) is 4.91. The van der Waals surface area contributed by atoms with Gasteiger partial charge in [0.2, 0.25) is 6.04 Å². The number of ketones is 1. The summed E-state index contributed by atoms with van der Waals surface area (Å²) in [4.78, 5) is 25.3. The number of benzene rings is 2. The number of anilines is 1. The molecule has 35 heavy (non-hydrogen) atoms. The van der Waals surface area contributed by atoms with Crippen LogP contribution in [0.3, 0.4) is 0 Å². The Morgan fingerprint density at radius 1 is 0.857 bits per heavy atom. The molecule has 9 nitrogen and oxygen atoms in total. The molecule has 190 valence electrons. The van der Waals surface area contributed by atoms with Crippen LogP contribution in [0.15, 0.2) is 34.5 Å². The molecule has 1 atom stereocenters. The van der Waals surface area contributed by atoms with Gasteiger partial charge in [-0.25, -0.2) is 0 Å². The van der Waals surface area contributed by atoms with Crippen molar-refractivity contribution in [2.45, 2.75) is 40.7 Å². The minimum Gasteiger partial charge on any atom is -0.492 e. The summed E-state index contributed by atoms with van der Waals surface area (Å²) in [6.45, 7) is 9.88. The topological polar surface area (TPSA) is 108 Å². The molecule has 2 aromatic rings. The lowest BCUT2D eigenvalue weighted by molar-refractivity contribution is -0.126. The summed E-state index contributed by atoms with van der Waals surface area (Å²) in [5.74, 6) is 0.131. The number of halogens is 2. The lowest BCUT2D eigenvalue weighted by Crippen LogP contribution is -2.32. The summed E-state index contributed by atoms with van der Waals surface area (Å²) in [6, 6.07) is 4.72. The van der Waals surface area contributed by atoms with Crippen molar-refractivity contribution >= 4 is 46.3 Å². The van der Waals surface area contributed by atoms with Gasteiger partial charge in [0.15, 0.2) is 17.3 Å². The Bertz CT molecular complexity index is 1080. The molecule has 0 saturated heterocycles. The van der Waals surface area contributed by atoms with Gasteiger partial charge in [-0.15, -0.1) is 0 Å². The Balaban J connectivity index is 2.40. The van der Waals surface area contributed by atoms with Gasteiger partial charge in [-0.1, -0.05) is 23.2 Å². The molecule has 1 N–H and O–H groups in total. The lowest BCUT2D eigenvalue weighted by atomic mass is 10.2. The number of azo groups is 1. The summed E-state index contributed by atoms with van der Waals surface area (Å²) in [5.41, 5.74) is 0.504. The van der Waals surface area contributed by atoms with E-state index in [0.717, 1.165) is 0 Å². The summed E-state index contributed by atoms with van der Waals surface area (Å²) >= 11 is 12.4. The van der Waals surface area contributed by atoms with Crippen LogP contribution in [0.2, 0.25) is 10.0 Å². The van der Waals surface area contributed by atoms with E-state index in [9.17, 15) is 9.59 Å². The Morgan fingerprint density at radius 3 is 2.06 bits per heavy atom. The molecule has 2 aromatic carbocycles. The molecule has 11 heteroatoms. The zero-order chi connectivity index (χ0) is 26.0. The highest BCUT2D eigenvalue weighted by Crippen LogP contribution is 2.40. The molecule has 1 amide bonds. The number of hydrogen-bond acceptors (Lipinski definition) is 8. The zero-order valence-corrected chi connectivity index (χ0v) is 21.8. The molecule has 2 rings (SSSR count). The minimum atomic E-state index is -1.44. The molecule has 0 radical (unpaired) electrons. The number of amides is 1. The highest BCUT2D eigenvalue weighted by molar-refractivity contribution is 6.32. The van der Waals surface area contributed by atoms with Crippen molar-refractivity contribution in [1.29, 1.82) is 0 Å². The van der Waals surface area contributed by atoms with Gasteiger partial charge in [-0.05, 0) is 40.7 Å². The molecular formula is C24H29Cl2N3O6. The van der Waals surface area contributed by atoms with Crippen LogP contribution in [-0.2, 0) is 9.59 Å². The standard InChI is InChI=1S/C24H29Cl2N3O6/c1-6-32-19-13-17(20(33-7-2)12-16(19)26)28-29-22(14(5)30)24(31)27-18-10-15(25)11-21(34-8-3)23(18)35-9-4/h10-13,22H,6-9H2,1-5H3,(H,27,31). The molecule has 0 aliphatic heterocycles. The SMILES string of the molecule is CCOc1cc(N=NC(C(C)=O)C(=O)Nc2cc(Cl)cc(OCC)c2OCC)c(OCC)cc1Cl. The van der Waals surface area contributed by atoms with Crippen molar-refractivity contribution in [3.05, 3.63) is 34.3 Å². The van der Waals surface area contributed by atoms with E-state index in [-0.39, 0.29) is 11.4 Å². The number of nitrogens with zero attached hydrogens (tertiary/aromatic N) is 2. The highest BCUT2D eigenvalue weighted by atomic mass is 35.5. The van der Waals surface area contributed by atoms with Gasteiger partial charge in [0, 0.05) is 23.2 Å². The molecule has 1 unspecified atom stereocenters. The number of hydrogen-bond donors (Lipinski definition) is 1. The van der Waals surface area contributed by atoms with Gasteiger partial charge >= 0.3 is 0 Å². The number of ether oxygens (including phenoxy) is 4. The van der Waals surface area contributed by atoms with Crippen LogP contribution < -0.4 is 24.3 Å². The predicted octanol–water partition coefficient (Wildman–Crippen LogP) is 6.27. The fourth-order valence-electron chi connectivity index (χ4n) is 3.00. The molecular weight excluding hydrogens is 497 g/mol. The van der Waals surface area contributed by atoms with Crippen LogP contribution in [0.25, 0.3) is 0 Å². The molecule has 0 fully saturated rings. The second kappa shape index (κ2) is 13.7. The van der Waals surface area contributed by atoms with Gasteiger partial charge in [0.1, 0.15) is 17.2 Å². The zero-order valence-electron chi connectivity index (χ0n) is 20.3. The van der Waals surface area contributed by atoms with E-state index < -0.39 is 17.7 Å². The maximum atomic E-state index is 13.0. The highest BCUT2D eigenvalue weighted by Gasteiger charge is 2.26. The average molecular weight is 526 g/mol. The molecule has 0 spiro atoms. The van der Waals surface area contributed by atoms with Crippen molar-refractivity contribution in [2.24, 2.45) is 10.2 Å². The van der Waals surface area contributed by atoms with Gasteiger partial charge in [0.05, 0.1) is 37.1 Å². The van der Waals surface area contributed by atoms with Crippen LogP contribution in [0.1, 0.15) is 34.6 Å². The number of carbonyl (C=O) groups is 2. The fourth-order valence-corrected chi connectivity index (χ4v) is 3.41. The quantitative estimate of drug-likeness (QED) is 0.244. The second-order valence-corrected chi connectivity index (χ2v) is 7.82. The molecule has 0 heterocycles. The van der Waals surface area contributed by atoms with E-state index >= 15 is 0 Å². The molecule has 0 saturated carbocycles. The van der Waals surface area contributed by atoms with E-state index in [1.807, 2.05) is 13.8 Å². The molecule has 0 bridgehead atoms. The first kappa shape index (κ1) is 28.2. The van der Waals surface area contributed by atoms with Crippen LogP contribution in [0.4, 0.5) is 11.4 Å². The van der Waals surface area contributed by atoms with E-state index in [1.165, 1.54) is 19.1 Å². The predicted molar refractivity (Wildman–Crippen MR) is 135 cm³/mol. The first-order valence-electron chi connectivity index (χ1n) is 11.2. The van der Waals surface area contributed by atoms with Crippen LogP contribution in [-0.4, -0.2) is 44.2 Å². The van der Waals surface area contributed by atoms with Gasteiger partial charge in [-0.2, -0.15) is 10.2 Å².